The monoisotopic (exact) mass is 290 g/mol. The maximum atomic E-state index is 10.0. The fourth-order valence-electron chi connectivity index (χ4n) is 2.35. The Morgan fingerprint density at radius 3 is 2.29 bits per heavy atom. The normalized spacial score (nSPS) is 19.4. The molecule has 0 saturated heterocycles. The SMILES string of the molecule is C#C[C@]1(C)CCc2c(C)c(O)c(C)c(C)c2O1.CC(=O)O. The van der Waals surface area contributed by atoms with Gasteiger partial charge in [0, 0.05) is 18.9 Å². The van der Waals surface area contributed by atoms with Crippen molar-refractivity contribution in [1.29, 1.82) is 0 Å². The highest BCUT2D eigenvalue weighted by molar-refractivity contribution is 5.63. The van der Waals surface area contributed by atoms with Crippen molar-refractivity contribution < 1.29 is 19.7 Å². The second-order valence-corrected chi connectivity index (χ2v) is 5.53. The minimum Gasteiger partial charge on any atom is -0.507 e. The molecule has 0 unspecified atom stereocenters. The Hall–Kier alpha value is -2.15. The van der Waals surface area contributed by atoms with Crippen LogP contribution in [0.3, 0.4) is 0 Å². The summed E-state index contributed by atoms with van der Waals surface area (Å²) in [7, 11) is 0. The topological polar surface area (TPSA) is 66.8 Å². The van der Waals surface area contributed by atoms with Crippen LogP contribution in [-0.2, 0) is 11.2 Å². The number of terminal acetylenes is 1. The third-order valence-corrected chi connectivity index (χ3v) is 3.82. The van der Waals surface area contributed by atoms with E-state index in [9.17, 15) is 5.11 Å². The lowest BCUT2D eigenvalue weighted by Crippen LogP contribution is -2.35. The smallest absolute Gasteiger partial charge is 0.300 e. The lowest BCUT2D eigenvalue weighted by molar-refractivity contribution is -0.134. The standard InChI is InChI=1S/C15H18O2.C2H4O2/c1-6-15(5)8-7-12-11(4)13(16)9(2)10(3)14(12)17-15;1-2(3)4/h1,16H,7-8H2,2-5H3;1H3,(H,3,4)/t15-;/m1./s1. The fraction of sp³-hybridized carbons (Fsp3) is 0.471. The Bertz CT molecular complexity index is 606. The number of carboxylic acids is 1. The van der Waals surface area contributed by atoms with E-state index in [2.05, 4.69) is 5.92 Å². The van der Waals surface area contributed by atoms with Gasteiger partial charge in [-0.2, -0.15) is 0 Å². The first-order chi connectivity index (χ1) is 9.63. The second-order valence-electron chi connectivity index (χ2n) is 5.53. The van der Waals surface area contributed by atoms with Crippen molar-refractivity contribution in [2.45, 2.75) is 53.1 Å². The molecular formula is C17H22O4. The summed E-state index contributed by atoms with van der Waals surface area (Å²) in [4.78, 5) is 9.00. The quantitative estimate of drug-likeness (QED) is 0.720. The number of ether oxygens (including phenoxy) is 1. The molecule has 114 valence electrons. The molecule has 2 rings (SSSR count). The molecule has 1 aromatic rings. The van der Waals surface area contributed by atoms with Gasteiger partial charge < -0.3 is 14.9 Å². The van der Waals surface area contributed by atoms with Crippen molar-refractivity contribution in [3.63, 3.8) is 0 Å². The van der Waals surface area contributed by atoms with Gasteiger partial charge in [-0.3, -0.25) is 4.79 Å². The van der Waals surface area contributed by atoms with Gasteiger partial charge >= 0.3 is 0 Å². The summed E-state index contributed by atoms with van der Waals surface area (Å²) in [5.74, 6) is 3.13. The number of carboxylic acid groups (broad SMARTS) is 1. The lowest BCUT2D eigenvalue weighted by atomic mass is 9.87. The van der Waals surface area contributed by atoms with E-state index in [1.807, 2.05) is 27.7 Å². The number of rotatable bonds is 0. The maximum Gasteiger partial charge on any atom is 0.300 e. The summed E-state index contributed by atoms with van der Waals surface area (Å²) in [6.45, 7) is 8.83. The van der Waals surface area contributed by atoms with Gasteiger partial charge in [-0.1, -0.05) is 5.92 Å². The lowest BCUT2D eigenvalue weighted by Gasteiger charge is -2.34. The third kappa shape index (κ3) is 3.49. The maximum absolute atomic E-state index is 10.0. The molecular weight excluding hydrogens is 268 g/mol. The summed E-state index contributed by atoms with van der Waals surface area (Å²) in [5, 5.41) is 17.5. The number of hydrogen-bond acceptors (Lipinski definition) is 3. The number of benzene rings is 1. The van der Waals surface area contributed by atoms with Gasteiger partial charge in [-0.05, 0) is 50.8 Å². The minimum atomic E-state index is -0.833. The van der Waals surface area contributed by atoms with E-state index in [4.69, 9.17) is 21.1 Å². The molecule has 1 atom stereocenters. The molecule has 0 amide bonds. The Morgan fingerprint density at radius 1 is 1.29 bits per heavy atom. The van der Waals surface area contributed by atoms with Crippen LogP contribution in [0.1, 0.15) is 42.5 Å². The number of aliphatic carboxylic acids is 1. The van der Waals surface area contributed by atoms with Crippen LogP contribution >= 0.6 is 0 Å². The third-order valence-electron chi connectivity index (χ3n) is 3.82. The molecule has 4 heteroatoms. The van der Waals surface area contributed by atoms with Crippen molar-refractivity contribution in [2.75, 3.05) is 0 Å². The highest BCUT2D eigenvalue weighted by Crippen LogP contribution is 2.42. The van der Waals surface area contributed by atoms with Gasteiger partial charge in [0.15, 0.2) is 5.60 Å². The summed E-state index contributed by atoms with van der Waals surface area (Å²) < 4.78 is 5.97. The number of carbonyl (C=O) groups is 1. The highest BCUT2D eigenvalue weighted by atomic mass is 16.5. The number of phenols is 1. The molecule has 0 fully saturated rings. The van der Waals surface area contributed by atoms with Crippen LogP contribution < -0.4 is 4.74 Å². The number of phenolic OH excluding ortho intramolecular Hbond substituents is 1. The first kappa shape index (κ1) is 16.9. The van der Waals surface area contributed by atoms with Crippen LogP contribution in [0, 0.1) is 33.1 Å². The molecule has 4 nitrogen and oxygen atoms in total. The van der Waals surface area contributed by atoms with Crippen LogP contribution in [0.5, 0.6) is 11.5 Å². The molecule has 0 saturated carbocycles. The van der Waals surface area contributed by atoms with Gasteiger partial charge in [0.1, 0.15) is 11.5 Å². The van der Waals surface area contributed by atoms with Crippen molar-refractivity contribution in [2.24, 2.45) is 0 Å². The molecule has 0 spiro atoms. The van der Waals surface area contributed by atoms with Crippen LogP contribution in [0.2, 0.25) is 0 Å². The molecule has 1 heterocycles. The van der Waals surface area contributed by atoms with Gasteiger partial charge in [0.05, 0.1) is 0 Å². The van der Waals surface area contributed by atoms with Crippen molar-refractivity contribution in [1.82, 2.24) is 0 Å². The number of aromatic hydroxyl groups is 1. The summed E-state index contributed by atoms with van der Waals surface area (Å²) in [6, 6.07) is 0. The Balaban J connectivity index is 0.000000491. The Labute approximate surface area is 125 Å². The molecule has 1 aliphatic rings. The van der Waals surface area contributed by atoms with Gasteiger partial charge in [0.2, 0.25) is 0 Å². The molecule has 0 aromatic heterocycles. The minimum absolute atomic E-state index is 0.383. The van der Waals surface area contributed by atoms with Crippen LogP contribution in [0.4, 0.5) is 0 Å². The van der Waals surface area contributed by atoms with E-state index < -0.39 is 11.6 Å². The number of fused-ring (bicyclic) bond motifs is 1. The summed E-state index contributed by atoms with van der Waals surface area (Å²) >= 11 is 0. The Morgan fingerprint density at radius 2 is 1.81 bits per heavy atom. The van der Waals surface area contributed by atoms with E-state index >= 15 is 0 Å². The zero-order valence-corrected chi connectivity index (χ0v) is 13.2. The summed E-state index contributed by atoms with van der Waals surface area (Å²) in [5.41, 5.74) is 3.36. The first-order valence-corrected chi connectivity index (χ1v) is 6.81. The van der Waals surface area contributed by atoms with E-state index in [0.29, 0.717) is 5.75 Å². The molecule has 0 bridgehead atoms. The molecule has 21 heavy (non-hydrogen) atoms. The predicted octanol–water partition coefficient (Wildman–Crippen LogP) is 3.13. The second kappa shape index (κ2) is 6.09. The van der Waals surface area contributed by atoms with E-state index in [1.54, 1.807) is 0 Å². The molecule has 1 aromatic carbocycles. The van der Waals surface area contributed by atoms with E-state index in [0.717, 1.165) is 47.8 Å². The largest absolute Gasteiger partial charge is 0.507 e. The fourth-order valence-corrected chi connectivity index (χ4v) is 2.35. The van der Waals surface area contributed by atoms with Crippen LogP contribution in [0.15, 0.2) is 0 Å². The van der Waals surface area contributed by atoms with Gasteiger partial charge in [-0.25, -0.2) is 0 Å². The molecule has 0 radical (unpaired) electrons. The van der Waals surface area contributed by atoms with Gasteiger partial charge in [0.25, 0.3) is 5.97 Å². The van der Waals surface area contributed by atoms with Crippen molar-refractivity contribution in [3.8, 4) is 23.8 Å². The molecule has 2 N–H and O–H groups in total. The zero-order valence-electron chi connectivity index (χ0n) is 13.2. The van der Waals surface area contributed by atoms with E-state index in [-0.39, 0.29) is 0 Å². The predicted molar refractivity (Wildman–Crippen MR) is 81.8 cm³/mol. The van der Waals surface area contributed by atoms with Crippen molar-refractivity contribution in [3.05, 3.63) is 22.3 Å². The summed E-state index contributed by atoms with van der Waals surface area (Å²) in [6.07, 6.45) is 7.17. The average molecular weight is 290 g/mol. The van der Waals surface area contributed by atoms with Crippen LogP contribution in [-0.4, -0.2) is 21.8 Å². The Kier molecular flexibility index (Phi) is 4.90. The molecule has 0 aliphatic carbocycles. The van der Waals surface area contributed by atoms with Gasteiger partial charge in [-0.15, -0.1) is 6.42 Å². The van der Waals surface area contributed by atoms with E-state index in [1.165, 1.54) is 0 Å². The number of hydrogen-bond donors (Lipinski definition) is 2. The first-order valence-electron chi connectivity index (χ1n) is 6.81. The zero-order chi connectivity index (χ0) is 16.4. The highest BCUT2D eigenvalue weighted by Gasteiger charge is 2.32. The van der Waals surface area contributed by atoms with Crippen LogP contribution in [0.25, 0.3) is 0 Å². The average Bonchev–Trinajstić information content (AvgIpc) is 2.42. The molecule has 1 aliphatic heterocycles. The van der Waals surface area contributed by atoms with Crippen molar-refractivity contribution >= 4 is 5.97 Å².